The number of cyclic esters (lactones) is 1. The number of esters is 1. The van der Waals surface area contributed by atoms with Crippen molar-refractivity contribution in [3.63, 3.8) is 0 Å². The molecule has 5 heteroatoms. The van der Waals surface area contributed by atoms with E-state index in [-0.39, 0.29) is 12.1 Å². The lowest BCUT2D eigenvalue weighted by Gasteiger charge is -2.25. The summed E-state index contributed by atoms with van der Waals surface area (Å²) in [6, 6.07) is -0.234. The molecule has 0 aromatic rings. The summed E-state index contributed by atoms with van der Waals surface area (Å²) in [7, 11) is 0. The van der Waals surface area contributed by atoms with Crippen molar-refractivity contribution >= 4 is 12.1 Å². The van der Waals surface area contributed by atoms with E-state index in [1.807, 2.05) is 0 Å². The molecule has 108 valence electrons. The van der Waals surface area contributed by atoms with Gasteiger partial charge in [0.1, 0.15) is 0 Å². The first-order valence-electron chi connectivity index (χ1n) is 7.24. The number of ether oxygens (including phenoxy) is 2. The number of carbonyl (C=O) groups excluding carboxylic acids is 2. The summed E-state index contributed by atoms with van der Waals surface area (Å²) in [5.41, 5.74) is 0. The molecule has 19 heavy (non-hydrogen) atoms. The molecular weight excluding hydrogens is 246 g/mol. The van der Waals surface area contributed by atoms with Gasteiger partial charge in [-0.25, -0.2) is 9.59 Å². The molecular formula is C14H23NO4. The maximum atomic E-state index is 11.9. The number of nitrogens with one attached hydrogen (secondary N) is 1. The van der Waals surface area contributed by atoms with Gasteiger partial charge in [-0.3, -0.25) is 0 Å². The van der Waals surface area contributed by atoms with Crippen molar-refractivity contribution in [1.29, 1.82) is 0 Å². The van der Waals surface area contributed by atoms with E-state index in [2.05, 4.69) is 5.32 Å². The Hall–Kier alpha value is -1.26. The van der Waals surface area contributed by atoms with Crippen molar-refractivity contribution in [3.05, 3.63) is 0 Å². The topological polar surface area (TPSA) is 64.6 Å². The molecule has 2 atom stereocenters. The summed E-state index contributed by atoms with van der Waals surface area (Å²) in [6.45, 7) is 3.58. The molecule has 2 aliphatic rings. The van der Waals surface area contributed by atoms with Crippen LogP contribution in [-0.4, -0.2) is 30.3 Å². The van der Waals surface area contributed by atoms with Gasteiger partial charge in [0.2, 0.25) is 6.10 Å². The number of hydrogen-bond acceptors (Lipinski definition) is 4. The first kappa shape index (κ1) is 14.2. The van der Waals surface area contributed by atoms with Gasteiger partial charge in [0, 0.05) is 0 Å². The van der Waals surface area contributed by atoms with Crippen LogP contribution < -0.4 is 5.32 Å². The molecule has 0 aromatic heterocycles. The van der Waals surface area contributed by atoms with Crippen LogP contribution in [0, 0.1) is 5.92 Å². The van der Waals surface area contributed by atoms with Crippen LogP contribution in [0.1, 0.15) is 52.4 Å². The Morgan fingerprint density at radius 1 is 1.37 bits per heavy atom. The minimum Gasteiger partial charge on any atom is -0.460 e. The van der Waals surface area contributed by atoms with Gasteiger partial charge in [-0.15, -0.1) is 0 Å². The van der Waals surface area contributed by atoms with E-state index >= 15 is 0 Å². The third-order valence-electron chi connectivity index (χ3n) is 3.80. The van der Waals surface area contributed by atoms with E-state index in [1.54, 1.807) is 13.8 Å². The number of amides is 1. The molecule has 1 heterocycles. The molecule has 2 rings (SSSR count). The minimum atomic E-state index is -0.781. The van der Waals surface area contributed by atoms with Gasteiger partial charge in [0.25, 0.3) is 0 Å². The number of rotatable bonds is 4. The van der Waals surface area contributed by atoms with Crippen LogP contribution in [0.15, 0.2) is 0 Å². The molecule has 0 bridgehead atoms. The van der Waals surface area contributed by atoms with Crippen LogP contribution in [0.4, 0.5) is 4.79 Å². The second-order valence-electron chi connectivity index (χ2n) is 5.80. The lowest BCUT2D eigenvalue weighted by molar-refractivity contribution is -0.156. The van der Waals surface area contributed by atoms with Crippen LogP contribution >= 0.6 is 0 Å². The summed E-state index contributed by atoms with van der Waals surface area (Å²) in [5, 5.41) is 2.74. The molecule has 5 nitrogen and oxygen atoms in total. The highest BCUT2D eigenvalue weighted by molar-refractivity contribution is 5.83. The van der Waals surface area contributed by atoms with E-state index in [9.17, 15) is 9.59 Å². The van der Waals surface area contributed by atoms with Crippen LogP contribution in [-0.2, 0) is 14.3 Å². The highest BCUT2D eigenvalue weighted by atomic mass is 16.6. The second kappa shape index (κ2) is 6.26. The Bertz CT molecular complexity index is 336. The first-order chi connectivity index (χ1) is 9.06. The lowest BCUT2D eigenvalue weighted by Crippen LogP contribution is -2.40. The molecule has 0 spiro atoms. The lowest BCUT2D eigenvalue weighted by atomic mass is 9.84. The highest BCUT2D eigenvalue weighted by Crippen LogP contribution is 2.29. The van der Waals surface area contributed by atoms with Crippen LogP contribution in [0.5, 0.6) is 0 Å². The molecule has 0 unspecified atom stereocenters. The molecule has 1 saturated heterocycles. The van der Waals surface area contributed by atoms with Crippen LogP contribution in [0.2, 0.25) is 0 Å². The summed E-state index contributed by atoms with van der Waals surface area (Å²) in [6.07, 6.45) is 5.47. The number of hydrogen-bond donors (Lipinski definition) is 1. The van der Waals surface area contributed by atoms with E-state index in [0.717, 1.165) is 6.42 Å². The average molecular weight is 269 g/mol. The zero-order chi connectivity index (χ0) is 13.8. The number of carbonyl (C=O) groups is 2. The van der Waals surface area contributed by atoms with Gasteiger partial charge in [-0.2, -0.15) is 0 Å². The SMILES string of the molecule is CC(C)OC(=O)[C@@H]1OC(=O)N[C@H]1CC1CCCCC1. The van der Waals surface area contributed by atoms with Gasteiger partial charge in [-0.05, 0) is 26.2 Å². The maximum absolute atomic E-state index is 11.9. The van der Waals surface area contributed by atoms with Crippen LogP contribution in [0.25, 0.3) is 0 Å². The van der Waals surface area contributed by atoms with Crippen molar-refractivity contribution in [2.45, 2.75) is 70.6 Å². The fourth-order valence-corrected chi connectivity index (χ4v) is 2.93. The van der Waals surface area contributed by atoms with E-state index in [4.69, 9.17) is 9.47 Å². The van der Waals surface area contributed by atoms with E-state index in [0.29, 0.717) is 5.92 Å². The first-order valence-corrected chi connectivity index (χ1v) is 7.24. The third-order valence-corrected chi connectivity index (χ3v) is 3.80. The molecule has 1 saturated carbocycles. The number of alkyl carbamates (subject to hydrolysis) is 1. The Kier molecular flexibility index (Phi) is 4.66. The normalized spacial score (nSPS) is 28.1. The molecule has 1 amide bonds. The van der Waals surface area contributed by atoms with Gasteiger partial charge in [-0.1, -0.05) is 32.1 Å². The molecule has 1 aliphatic heterocycles. The summed E-state index contributed by atoms with van der Waals surface area (Å²) in [5.74, 6) is 0.143. The summed E-state index contributed by atoms with van der Waals surface area (Å²) >= 11 is 0. The van der Waals surface area contributed by atoms with Gasteiger partial charge >= 0.3 is 12.1 Å². The second-order valence-corrected chi connectivity index (χ2v) is 5.80. The van der Waals surface area contributed by atoms with Crippen LogP contribution in [0.3, 0.4) is 0 Å². The predicted molar refractivity (Wildman–Crippen MR) is 69.6 cm³/mol. The van der Waals surface area contributed by atoms with Crippen molar-refractivity contribution in [2.24, 2.45) is 5.92 Å². The Morgan fingerprint density at radius 3 is 2.68 bits per heavy atom. The largest absolute Gasteiger partial charge is 0.460 e. The van der Waals surface area contributed by atoms with Gasteiger partial charge in [0.05, 0.1) is 12.1 Å². The summed E-state index contributed by atoms with van der Waals surface area (Å²) < 4.78 is 10.2. The average Bonchev–Trinajstić information content (AvgIpc) is 2.71. The zero-order valence-corrected chi connectivity index (χ0v) is 11.7. The van der Waals surface area contributed by atoms with Crippen molar-refractivity contribution in [2.75, 3.05) is 0 Å². The Morgan fingerprint density at radius 2 is 2.05 bits per heavy atom. The van der Waals surface area contributed by atoms with E-state index < -0.39 is 18.2 Å². The fraction of sp³-hybridized carbons (Fsp3) is 0.857. The Balaban J connectivity index is 1.92. The summed E-state index contributed by atoms with van der Waals surface area (Å²) in [4.78, 5) is 23.3. The minimum absolute atomic E-state index is 0.192. The molecule has 1 aliphatic carbocycles. The third kappa shape index (κ3) is 3.85. The fourth-order valence-electron chi connectivity index (χ4n) is 2.93. The quantitative estimate of drug-likeness (QED) is 0.796. The molecule has 0 aromatic carbocycles. The monoisotopic (exact) mass is 269 g/mol. The predicted octanol–water partition coefficient (Wildman–Crippen LogP) is 2.39. The Labute approximate surface area is 114 Å². The maximum Gasteiger partial charge on any atom is 0.408 e. The van der Waals surface area contributed by atoms with Gasteiger partial charge in [0.15, 0.2) is 0 Å². The van der Waals surface area contributed by atoms with E-state index in [1.165, 1.54) is 32.1 Å². The van der Waals surface area contributed by atoms with Crippen molar-refractivity contribution in [3.8, 4) is 0 Å². The highest BCUT2D eigenvalue weighted by Gasteiger charge is 2.41. The standard InChI is InChI=1S/C14H23NO4/c1-9(2)18-13(16)12-11(15-14(17)19-12)8-10-6-4-3-5-7-10/h9-12H,3-8H2,1-2H3,(H,15,17)/t11-,12+/m0/s1. The zero-order valence-electron chi connectivity index (χ0n) is 11.7. The van der Waals surface area contributed by atoms with Crippen molar-refractivity contribution in [1.82, 2.24) is 5.32 Å². The smallest absolute Gasteiger partial charge is 0.408 e. The molecule has 2 fully saturated rings. The molecule has 1 N–H and O–H groups in total. The van der Waals surface area contributed by atoms with Crippen molar-refractivity contribution < 1.29 is 19.1 Å². The van der Waals surface area contributed by atoms with Gasteiger partial charge < -0.3 is 14.8 Å². The molecule has 0 radical (unpaired) electrons.